The highest BCUT2D eigenvalue weighted by Crippen LogP contribution is 2.26. The highest BCUT2D eigenvalue weighted by atomic mass is 16.2. The Balaban J connectivity index is 1.62. The lowest BCUT2D eigenvalue weighted by Crippen LogP contribution is -2.39. The standard InChI is InChI=1S/C27H32N2O2/c1-19-15-20(2)25-23(16-19)17-24(26(30)28-25)18-29(14-13-21-9-5-3-6-10-21)27(31)22-11-7-4-8-12-22/h3,5-6,9-10,15-17,22H,4,7-8,11-14,18H2,1-2H3,(H,28,30). The highest BCUT2D eigenvalue weighted by Gasteiger charge is 2.26. The van der Waals surface area contributed by atoms with E-state index in [2.05, 4.69) is 36.2 Å². The van der Waals surface area contributed by atoms with E-state index in [1.807, 2.05) is 36.1 Å². The summed E-state index contributed by atoms with van der Waals surface area (Å²) in [5, 5.41) is 1.03. The molecule has 4 nitrogen and oxygen atoms in total. The molecule has 1 aromatic heterocycles. The molecule has 3 aromatic rings. The lowest BCUT2D eigenvalue weighted by Gasteiger charge is -2.29. The van der Waals surface area contributed by atoms with Crippen LogP contribution >= 0.6 is 0 Å². The second-order valence-electron chi connectivity index (χ2n) is 9.00. The molecule has 0 unspecified atom stereocenters. The Kier molecular flexibility index (Phi) is 6.55. The Morgan fingerprint density at radius 1 is 1.03 bits per heavy atom. The van der Waals surface area contributed by atoms with Crippen LogP contribution in [0.4, 0.5) is 0 Å². The zero-order valence-corrected chi connectivity index (χ0v) is 18.6. The number of nitrogens with zero attached hydrogens (tertiary/aromatic N) is 1. The molecule has 0 aliphatic heterocycles. The van der Waals surface area contributed by atoms with Gasteiger partial charge < -0.3 is 9.88 Å². The number of carbonyl (C=O) groups excluding carboxylic acids is 1. The Morgan fingerprint density at radius 2 is 1.77 bits per heavy atom. The normalized spacial score (nSPS) is 14.6. The summed E-state index contributed by atoms with van der Waals surface area (Å²) in [5.41, 5.74) is 4.90. The lowest BCUT2D eigenvalue weighted by molar-refractivity contribution is -0.137. The van der Waals surface area contributed by atoms with Gasteiger partial charge >= 0.3 is 0 Å². The maximum Gasteiger partial charge on any atom is 0.253 e. The van der Waals surface area contributed by atoms with Crippen molar-refractivity contribution in [1.82, 2.24) is 9.88 Å². The van der Waals surface area contributed by atoms with E-state index in [0.717, 1.165) is 48.6 Å². The number of pyridine rings is 1. The molecule has 4 heteroatoms. The van der Waals surface area contributed by atoms with Crippen LogP contribution in [-0.4, -0.2) is 22.3 Å². The Hall–Kier alpha value is -2.88. The minimum atomic E-state index is -0.0967. The smallest absolute Gasteiger partial charge is 0.253 e. The van der Waals surface area contributed by atoms with E-state index in [9.17, 15) is 9.59 Å². The molecule has 4 rings (SSSR count). The van der Waals surface area contributed by atoms with Crippen molar-refractivity contribution in [1.29, 1.82) is 0 Å². The molecular formula is C27H32N2O2. The summed E-state index contributed by atoms with van der Waals surface area (Å²) in [6.07, 6.45) is 6.19. The SMILES string of the molecule is Cc1cc(C)c2[nH]c(=O)c(CN(CCc3ccccc3)C(=O)C3CCCCC3)cc2c1. The number of hydrogen-bond donors (Lipinski definition) is 1. The van der Waals surface area contributed by atoms with Crippen LogP contribution in [0.5, 0.6) is 0 Å². The van der Waals surface area contributed by atoms with E-state index >= 15 is 0 Å². The summed E-state index contributed by atoms with van der Waals surface area (Å²) in [7, 11) is 0. The predicted molar refractivity (Wildman–Crippen MR) is 126 cm³/mol. The van der Waals surface area contributed by atoms with Gasteiger partial charge in [-0.15, -0.1) is 0 Å². The van der Waals surface area contributed by atoms with Gasteiger partial charge in [0.2, 0.25) is 5.91 Å². The van der Waals surface area contributed by atoms with Gasteiger partial charge in [-0.2, -0.15) is 0 Å². The average molecular weight is 417 g/mol. The number of amides is 1. The monoisotopic (exact) mass is 416 g/mol. The maximum absolute atomic E-state index is 13.4. The largest absolute Gasteiger partial charge is 0.338 e. The summed E-state index contributed by atoms with van der Waals surface area (Å²) in [6.45, 7) is 5.07. The van der Waals surface area contributed by atoms with Gasteiger partial charge in [-0.1, -0.05) is 61.2 Å². The first-order valence-electron chi connectivity index (χ1n) is 11.5. The van der Waals surface area contributed by atoms with Gasteiger partial charge in [-0.25, -0.2) is 0 Å². The van der Waals surface area contributed by atoms with E-state index in [1.165, 1.54) is 17.5 Å². The first-order chi connectivity index (χ1) is 15.0. The van der Waals surface area contributed by atoms with Gasteiger partial charge in [0.25, 0.3) is 5.56 Å². The van der Waals surface area contributed by atoms with E-state index < -0.39 is 0 Å². The Bertz CT molecular complexity index is 1110. The molecule has 1 fully saturated rings. The van der Waals surface area contributed by atoms with Crippen molar-refractivity contribution in [3.05, 3.63) is 81.1 Å². The third-order valence-corrected chi connectivity index (χ3v) is 6.51. The first kappa shape index (κ1) is 21.4. The molecule has 2 aromatic carbocycles. The quantitative estimate of drug-likeness (QED) is 0.593. The van der Waals surface area contributed by atoms with Crippen LogP contribution in [0, 0.1) is 19.8 Å². The number of hydrogen-bond acceptors (Lipinski definition) is 2. The van der Waals surface area contributed by atoms with Gasteiger partial charge in [0.05, 0.1) is 12.1 Å². The number of rotatable bonds is 6. The first-order valence-corrected chi connectivity index (χ1v) is 11.5. The fraction of sp³-hybridized carbons (Fsp3) is 0.407. The van der Waals surface area contributed by atoms with Crippen LogP contribution in [0.25, 0.3) is 10.9 Å². The molecule has 31 heavy (non-hydrogen) atoms. The second-order valence-corrected chi connectivity index (χ2v) is 9.00. The zero-order valence-electron chi connectivity index (χ0n) is 18.6. The summed E-state index contributed by atoms with van der Waals surface area (Å²) < 4.78 is 0. The van der Waals surface area contributed by atoms with Crippen LogP contribution in [0.1, 0.15) is 54.4 Å². The van der Waals surface area contributed by atoms with Crippen molar-refractivity contribution in [3.8, 4) is 0 Å². The van der Waals surface area contributed by atoms with Crippen molar-refractivity contribution in [3.63, 3.8) is 0 Å². The van der Waals surface area contributed by atoms with Gasteiger partial charge in [0.15, 0.2) is 0 Å². The molecule has 1 amide bonds. The van der Waals surface area contributed by atoms with Gasteiger partial charge in [-0.05, 0) is 61.8 Å². The van der Waals surface area contributed by atoms with Gasteiger partial charge in [0.1, 0.15) is 0 Å². The summed E-state index contributed by atoms with van der Waals surface area (Å²) >= 11 is 0. The highest BCUT2D eigenvalue weighted by molar-refractivity contribution is 5.83. The van der Waals surface area contributed by atoms with Crippen molar-refractivity contribution >= 4 is 16.8 Å². The molecule has 1 heterocycles. The molecule has 0 atom stereocenters. The number of H-pyrrole nitrogens is 1. The molecule has 0 saturated heterocycles. The Labute approximate surface area is 184 Å². The van der Waals surface area contributed by atoms with E-state index in [1.54, 1.807) is 0 Å². The van der Waals surface area contributed by atoms with Gasteiger partial charge in [-0.3, -0.25) is 9.59 Å². The number of aromatic nitrogens is 1. The van der Waals surface area contributed by atoms with Crippen molar-refractivity contribution in [2.45, 2.75) is 58.9 Å². The minimum absolute atomic E-state index is 0.0913. The number of aryl methyl sites for hydroxylation is 2. The molecule has 0 spiro atoms. The van der Waals surface area contributed by atoms with Crippen LogP contribution in [0.15, 0.2) is 53.3 Å². The zero-order chi connectivity index (χ0) is 21.8. The van der Waals surface area contributed by atoms with Crippen molar-refractivity contribution in [2.24, 2.45) is 5.92 Å². The van der Waals surface area contributed by atoms with Crippen molar-refractivity contribution in [2.75, 3.05) is 6.54 Å². The Morgan fingerprint density at radius 3 is 2.52 bits per heavy atom. The van der Waals surface area contributed by atoms with Gasteiger partial charge in [0, 0.05) is 18.0 Å². The summed E-state index contributed by atoms with van der Waals surface area (Å²) in [5.74, 6) is 0.295. The van der Waals surface area contributed by atoms with Crippen LogP contribution < -0.4 is 5.56 Å². The summed E-state index contributed by atoms with van der Waals surface area (Å²) in [6, 6.07) is 16.4. The molecule has 162 valence electrons. The van der Waals surface area contributed by atoms with Crippen LogP contribution in [0.2, 0.25) is 0 Å². The number of nitrogens with one attached hydrogen (secondary N) is 1. The molecule has 1 aliphatic carbocycles. The third-order valence-electron chi connectivity index (χ3n) is 6.51. The fourth-order valence-corrected chi connectivity index (χ4v) is 4.84. The second kappa shape index (κ2) is 9.51. The minimum Gasteiger partial charge on any atom is -0.338 e. The van der Waals surface area contributed by atoms with E-state index in [4.69, 9.17) is 0 Å². The molecule has 1 N–H and O–H groups in total. The van der Waals surface area contributed by atoms with E-state index in [-0.39, 0.29) is 17.4 Å². The predicted octanol–water partition coefficient (Wildman–Crippen LogP) is 5.30. The average Bonchev–Trinajstić information content (AvgIpc) is 2.78. The number of fused-ring (bicyclic) bond motifs is 1. The fourth-order valence-electron chi connectivity index (χ4n) is 4.84. The van der Waals surface area contributed by atoms with E-state index in [0.29, 0.717) is 18.7 Å². The molecule has 0 radical (unpaired) electrons. The molecule has 0 bridgehead atoms. The maximum atomic E-state index is 13.4. The number of benzene rings is 2. The number of aromatic amines is 1. The molecule has 1 saturated carbocycles. The third kappa shape index (κ3) is 5.07. The topological polar surface area (TPSA) is 53.2 Å². The molecular weight excluding hydrogens is 384 g/mol. The molecule has 1 aliphatic rings. The number of carbonyl (C=O) groups is 1. The van der Waals surface area contributed by atoms with Crippen molar-refractivity contribution < 1.29 is 4.79 Å². The summed E-state index contributed by atoms with van der Waals surface area (Å²) in [4.78, 5) is 31.3. The van der Waals surface area contributed by atoms with Crippen LogP contribution in [0.3, 0.4) is 0 Å². The van der Waals surface area contributed by atoms with Crippen LogP contribution in [-0.2, 0) is 17.8 Å². The lowest BCUT2D eigenvalue weighted by atomic mass is 9.88.